The first-order chi connectivity index (χ1) is 18.1. The molecule has 0 radical (unpaired) electrons. The number of hydrogen-bond donors (Lipinski definition) is 1. The molecule has 0 unspecified atom stereocenters. The predicted molar refractivity (Wildman–Crippen MR) is 142 cm³/mol. The third-order valence-corrected chi connectivity index (χ3v) is 6.40. The second kappa shape index (κ2) is 9.70. The number of para-hydroxylation sites is 1. The molecule has 0 saturated heterocycles. The van der Waals surface area contributed by atoms with Crippen molar-refractivity contribution in [2.75, 3.05) is 5.32 Å². The molecule has 5 rings (SSSR count). The fourth-order valence-corrected chi connectivity index (χ4v) is 4.50. The van der Waals surface area contributed by atoms with Crippen molar-refractivity contribution in [2.45, 2.75) is 26.9 Å². The molecule has 0 bridgehead atoms. The van der Waals surface area contributed by atoms with Crippen LogP contribution in [0, 0.1) is 20.8 Å². The van der Waals surface area contributed by atoms with Gasteiger partial charge in [-0.15, -0.1) is 0 Å². The van der Waals surface area contributed by atoms with E-state index in [0.29, 0.717) is 22.8 Å². The number of alkyl halides is 3. The zero-order valence-electron chi connectivity index (χ0n) is 21.0. The van der Waals surface area contributed by atoms with Crippen molar-refractivity contribution in [1.82, 2.24) is 14.3 Å². The standard InChI is InChI=1S/C30H25F3N4O/c1-19-12-14-22(15-13-19)29(38)34-28-18-27(35-37(28)24-9-5-4-6-10-24)26-16-20(2)36(21(26)3)25-11-7-8-23(17-25)30(31,32)33/h4-18H,1-3H3,(H,34,38). The molecule has 192 valence electrons. The highest BCUT2D eigenvalue weighted by Gasteiger charge is 2.31. The maximum absolute atomic E-state index is 13.4. The average molecular weight is 515 g/mol. The minimum Gasteiger partial charge on any atom is -0.318 e. The molecule has 2 heterocycles. The normalized spacial score (nSPS) is 11.5. The average Bonchev–Trinajstić information content (AvgIpc) is 3.44. The lowest BCUT2D eigenvalue weighted by Crippen LogP contribution is -2.15. The van der Waals surface area contributed by atoms with Crippen LogP contribution in [0.3, 0.4) is 0 Å². The van der Waals surface area contributed by atoms with E-state index in [1.807, 2.05) is 69.3 Å². The monoisotopic (exact) mass is 514 g/mol. The third-order valence-electron chi connectivity index (χ3n) is 6.40. The summed E-state index contributed by atoms with van der Waals surface area (Å²) in [6.07, 6.45) is -4.44. The number of nitrogens with one attached hydrogen (secondary N) is 1. The number of amides is 1. The maximum Gasteiger partial charge on any atom is 0.416 e. The number of aryl methyl sites for hydroxylation is 2. The molecule has 3 aromatic carbocycles. The van der Waals surface area contributed by atoms with Gasteiger partial charge in [0.2, 0.25) is 0 Å². The molecule has 1 amide bonds. The number of carbonyl (C=O) groups excluding carboxylic acids is 1. The Morgan fingerprint density at radius 1 is 0.816 bits per heavy atom. The van der Waals surface area contributed by atoms with Crippen LogP contribution in [0.25, 0.3) is 22.6 Å². The molecule has 5 nitrogen and oxygen atoms in total. The van der Waals surface area contributed by atoms with Crippen molar-refractivity contribution in [3.05, 3.63) is 119 Å². The third kappa shape index (κ3) is 4.85. The SMILES string of the molecule is Cc1ccc(C(=O)Nc2cc(-c3cc(C)n(-c4cccc(C(F)(F)F)c4)c3C)nn2-c2ccccc2)cc1. The van der Waals surface area contributed by atoms with Gasteiger partial charge in [0.1, 0.15) is 5.82 Å². The lowest BCUT2D eigenvalue weighted by molar-refractivity contribution is -0.137. The molecule has 0 aliphatic heterocycles. The van der Waals surface area contributed by atoms with Crippen LogP contribution in [0.2, 0.25) is 0 Å². The first-order valence-electron chi connectivity index (χ1n) is 12.0. The fourth-order valence-electron chi connectivity index (χ4n) is 4.50. The highest BCUT2D eigenvalue weighted by atomic mass is 19.4. The predicted octanol–water partition coefficient (Wildman–Crippen LogP) is 7.53. The Kier molecular flexibility index (Phi) is 6.40. The van der Waals surface area contributed by atoms with Gasteiger partial charge in [0, 0.05) is 34.3 Å². The number of benzene rings is 3. The van der Waals surface area contributed by atoms with Crippen molar-refractivity contribution in [2.24, 2.45) is 0 Å². The van der Waals surface area contributed by atoms with E-state index in [1.54, 1.807) is 33.5 Å². The number of halogens is 3. The Labute approximate surface area is 218 Å². The first kappa shape index (κ1) is 25.1. The van der Waals surface area contributed by atoms with Gasteiger partial charge >= 0.3 is 6.18 Å². The second-order valence-electron chi connectivity index (χ2n) is 9.15. The van der Waals surface area contributed by atoms with Crippen molar-refractivity contribution in [3.63, 3.8) is 0 Å². The van der Waals surface area contributed by atoms with Crippen LogP contribution in [-0.4, -0.2) is 20.3 Å². The Morgan fingerprint density at radius 3 is 2.18 bits per heavy atom. The topological polar surface area (TPSA) is 51.9 Å². The summed E-state index contributed by atoms with van der Waals surface area (Å²) in [7, 11) is 0. The number of rotatable bonds is 5. The van der Waals surface area contributed by atoms with Gasteiger partial charge in [-0.1, -0.05) is 42.0 Å². The van der Waals surface area contributed by atoms with Crippen LogP contribution in [0.4, 0.5) is 19.0 Å². The smallest absolute Gasteiger partial charge is 0.318 e. The Bertz CT molecular complexity index is 1610. The zero-order chi connectivity index (χ0) is 27.0. The van der Waals surface area contributed by atoms with Gasteiger partial charge in [-0.3, -0.25) is 4.79 Å². The van der Waals surface area contributed by atoms with Crippen molar-refractivity contribution in [1.29, 1.82) is 0 Å². The lowest BCUT2D eigenvalue weighted by atomic mass is 10.1. The quantitative estimate of drug-likeness (QED) is 0.264. The number of anilines is 1. The minimum absolute atomic E-state index is 0.275. The Hall–Kier alpha value is -4.59. The van der Waals surface area contributed by atoms with Crippen LogP contribution < -0.4 is 5.32 Å². The van der Waals surface area contributed by atoms with Gasteiger partial charge in [0.05, 0.1) is 16.9 Å². The largest absolute Gasteiger partial charge is 0.416 e. The summed E-state index contributed by atoms with van der Waals surface area (Å²) in [6.45, 7) is 5.63. The fraction of sp³-hybridized carbons (Fsp3) is 0.133. The van der Waals surface area contributed by atoms with Crippen molar-refractivity contribution < 1.29 is 18.0 Å². The van der Waals surface area contributed by atoms with Gasteiger partial charge in [-0.2, -0.15) is 18.3 Å². The number of aromatic nitrogens is 3. The van der Waals surface area contributed by atoms with Gasteiger partial charge in [-0.05, 0) is 69.3 Å². The highest BCUT2D eigenvalue weighted by Crippen LogP contribution is 2.34. The molecule has 0 atom stereocenters. The molecule has 2 aromatic heterocycles. The van der Waals surface area contributed by atoms with E-state index in [1.165, 1.54) is 6.07 Å². The van der Waals surface area contributed by atoms with E-state index < -0.39 is 11.7 Å². The van der Waals surface area contributed by atoms with Gasteiger partial charge in [-0.25, -0.2) is 4.68 Å². The molecular formula is C30H25F3N4O. The van der Waals surface area contributed by atoms with Gasteiger partial charge in [0.15, 0.2) is 0 Å². The lowest BCUT2D eigenvalue weighted by Gasteiger charge is -2.13. The highest BCUT2D eigenvalue weighted by molar-refractivity contribution is 6.04. The maximum atomic E-state index is 13.4. The van der Waals surface area contributed by atoms with Crippen LogP contribution >= 0.6 is 0 Å². The molecule has 38 heavy (non-hydrogen) atoms. The molecule has 5 aromatic rings. The molecule has 8 heteroatoms. The Balaban J connectivity index is 1.58. The summed E-state index contributed by atoms with van der Waals surface area (Å²) >= 11 is 0. The second-order valence-corrected chi connectivity index (χ2v) is 9.15. The molecule has 0 aliphatic carbocycles. The molecular weight excluding hydrogens is 489 g/mol. The minimum atomic E-state index is -4.44. The number of hydrogen-bond acceptors (Lipinski definition) is 2. The summed E-state index contributed by atoms with van der Waals surface area (Å²) < 4.78 is 43.5. The summed E-state index contributed by atoms with van der Waals surface area (Å²) in [5, 5.41) is 7.75. The van der Waals surface area contributed by atoms with Crippen molar-refractivity contribution >= 4 is 11.7 Å². The molecule has 0 aliphatic rings. The van der Waals surface area contributed by atoms with Gasteiger partial charge < -0.3 is 9.88 Å². The molecule has 0 saturated carbocycles. The van der Waals surface area contributed by atoms with Crippen LogP contribution in [-0.2, 0) is 6.18 Å². The van der Waals surface area contributed by atoms with E-state index in [0.717, 1.165) is 40.3 Å². The van der Waals surface area contributed by atoms with Gasteiger partial charge in [0.25, 0.3) is 5.91 Å². The molecule has 0 spiro atoms. The first-order valence-corrected chi connectivity index (χ1v) is 12.0. The summed E-state index contributed by atoms with van der Waals surface area (Å²) in [6, 6.07) is 25.6. The van der Waals surface area contributed by atoms with E-state index in [4.69, 9.17) is 5.10 Å². The number of nitrogens with zero attached hydrogens (tertiary/aromatic N) is 3. The summed E-state index contributed by atoms with van der Waals surface area (Å²) in [4.78, 5) is 13.0. The van der Waals surface area contributed by atoms with E-state index in [2.05, 4.69) is 5.32 Å². The van der Waals surface area contributed by atoms with E-state index in [-0.39, 0.29) is 5.91 Å². The van der Waals surface area contributed by atoms with Crippen LogP contribution in [0.1, 0.15) is 32.9 Å². The summed E-state index contributed by atoms with van der Waals surface area (Å²) in [5.41, 5.74) is 4.85. The van der Waals surface area contributed by atoms with Crippen LogP contribution in [0.15, 0.2) is 91.0 Å². The van der Waals surface area contributed by atoms with Crippen molar-refractivity contribution in [3.8, 4) is 22.6 Å². The van der Waals surface area contributed by atoms with E-state index >= 15 is 0 Å². The van der Waals surface area contributed by atoms with E-state index in [9.17, 15) is 18.0 Å². The zero-order valence-corrected chi connectivity index (χ0v) is 21.0. The Morgan fingerprint density at radius 2 is 1.50 bits per heavy atom. The molecule has 0 fully saturated rings. The van der Waals surface area contributed by atoms with Crippen LogP contribution in [0.5, 0.6) is 0 Å². The number of carbonyl (C=O) groups is 1. The molecule has 1 N–H and O–H groups in total. The summed E-state index contributed by atoms with van der Waals surface area (Å²) in [5.74, 6) is 0.198.